The highest BCUT2D eigenvalue weighted by atomic mass is 16.5. The molecule has 1 fully saturated rings. The van der Waals surface area contributed by atoms with Gasteiger partial charge in [0.05, 0.1) is 12.2 Å². The fourth-order valence-corrected chi connectivity index (χ4v) is 2.92. The van der Waals surface area contributed by atoms with Crippen molar-refractivity contribution >= 4 is 11.5 Å². The van der Waals surface area contributed by atoms with Crippen molar-refractivity contribution in [2.45, 2.75) is 32.3 Å². The van der Waals surface area contributed by atoms with Gasteiger partial charge in [-0.3, -0.25) is 4.79 Å². The number of hydrogen-bond acceptors (Lipinski definition) is 4. The van der Waals surface area contributed by atoms with E-state index in [2.05, 4.69) is 17.6 Å². The molecule has 0 amide bonds. The van der Waals surface area contributed by atoms with Crippen LogP contribution in [0.4, 0.5) is 5.69 Å². The Labute approximate surface area is 119 Å². The van der Waals surface area contributed by atoms with E-state index in [1.165, 1.54) is 0 Å². The molecule has 2 aliphatic rings. The molecule has 1 unspecified atom stereocenters. The lowest BCUT2D eigenvalue weighted by Crippen LogP contribution is -2.32. The lowest BCUT2D eigenvalue weighted by atomic mass is 9.89. The van der Waals surface area contributed by atoms with Gasteiger partial charge in [0.2, 0.25) is 0 Å². The molecule has 0 spiro atoms. The molecule has 3 rings (SSSR count). The topological polar surface area (TPSA) is 50.4 Å². The molecule has 1 saturated heterocycles. The Morgan fingerprint density at radius 1 is 1.35 bits per heavy atom. The summed E-state index contributed by atoms with van der Waals surface area (Å²) in [5.74, 6) is 1.31. The van der Waals surface area contributed by atoms with Gasteiger partial charge in [-0.15, -0.1) is 0 Å². The second-order valence-electron chi connectivity index (χ2n) is 5.63. The smallest absolute Gasteiger partial charge is 0.166 e. The molecule has 0 aromatic heterocycles. The number of ketones is 1. The summed E-state index contributed by atoms with van der Waals surface area (Å²) >= 11 is 0. The van der Waals surface area contributed by atoms with Crippen molar-refractivity contribution in [3.8, 4) is 5.75 Å². The van der Waals surface area contributed by atoms with E-state index in [0.717, 1.165) is 55.9 Å². The first-order valence-corrected chi connectivity index (χ1v) is 7.57. The summed E-state index contributed by atoms with van der Waals surface area (Å²) in [6, 6.07) is 5.78. The fraction of sp³-hybridized carbons (Fsp3) is 0.562. The maximum absolute atomic E-state index is 12.5. The predicted molar refractivity (Wildman–Crippen MR) is 79.6 cm³/mol. The number of carbonyl (C=O) groups excluding carboxylic acids is 1. The van der Waals surface area contributed by atoms with E-state index in [0.29, 0.717) is 0 Å². The van der Waals surface area contributed by atoms with Crippen LogP contribution in [0.2, 0.25) is 0 Å². The largest absolute Gasteiger partial charge is 0.486 e. The molecule has 4 heteroatoms. The van der Waals surface area contributed by atoms with Gasteiger partial charge in [-0.2, -0.15) is 0 Å². The summed E-state index contributed by atoms with van der Waals surface area (Å²) < 4.78 is 5.88. The van der Waals surface area contributed by atoms with Gasteiger partial charge in [-0.25, -0.2) is 0 Å². The summed E-state index contributed by atoms with van der Waals surface area (Å²) in [4.78, 5) is 12.5. The van der Waals surface area contributed by atoms with Gasteiger partial charge in [0.15, 0.2) is 5.78 Å². The first-order valence-electron chi connectivity index (χ1n) is 7.57. The minimum absolute atomic E-state index is 0.169. The van der Waals surface area contributed by atoms with E-state index in [-0.39, 0.29) is 17.8 Å². The highest BCUT2D eigenvalue weighted by Gasteiger charge is 2.24. The maximum atomic E-state index is 12.5. The molecule has 0 bridgehead atoms. The van der Waals surface area contributed by atoms with E-state index >= 15 is 0 Å². The Morgan fingerprint density at radius 3 is 2.90 bits per heavy atom. The molecule has 108 valence electrons. The van der Waals surface area contributed by atoms with Crippen LogP contribution < -0.4 is 15.4 Å². The molecule has 2 N–H and O–H groups in total. The van der Waals surface area contributed by atoms with E-state index in [1.54, 1.807) is 0 Å². The second-order valence-corrected chi connectivity index (χ2v) is 5.63. The van der Waals surface area contributed by atoms with Crippen LogP contribution >= 0.6 is 0 Å². The van der Waals surface area contributed by atoms with Gasteiger partial charge < -0.3 is 15.4 Å². The average Bonchev–Trinajstić information content (AvgIpc) is 2.54. The van der Waals surface area contributed by atoms with Gasteiger partial charge in [0.25, 0.3) is 0 Å². The molecule has 2 aliphatic heterocycles. The van der Waals surface area contributed by atoms with Crippen LogP contribution in [0.1, 0.15) is 36.5 Å². The number of ether oxygens (including phenoxy) is 1. The third kappa shape index (κ3) is 2.66. The molecular weight excluding hydrogens is 252 g/mol. The zero-order chi connectivity index (χ0) is 13.9. The summed E-state index contributed by atoms with van der Waals surface area (Å²) in [6.45, 7) is 4.82. The van der Waals surface area contributed by atoms with E-state index in [4.69, 9.17) is 4.74 Å². The van der Waals surface area contributed by atoms with Crippen molar-refractivity contribution in [1.29, 1.82) is 0 Å². The quantitative estimate of drug-likeness (QED) is 0.831. The zero-order valence-corrected chi connectivity index (χ0v) is 11.9. The van der Waals surface area contributed by atoms with Gasteiger partial charge in [0, 0.05) is 11.5 Å². The van der Waals surface area contributed by atoms with Gasteiger partial charge in [-0.1, -0.05) is 6.92 Å². The van der Waals surface area contributed by atoms with E-state index < -0.39 is 0 Å². The van der Waals surface area contributed by atoms with Crippen LogP contribution in [-0.2, 0) is 0 Å². The Balaban J connectivity index is 1.76. The molecule has 2 heterocycles. The summed E-state index contributed by atoms with van der Waals surface area (Å²) in [5, 5.41) is 6.67. The van der Waals surface area contributed by atoms with Gasteiger partial charge in [0.1, 0.15) is 11.9 Å². The number of nitrogens with one attached hydrogen (secondary N) is 2. The SMILES string of the molecule is CCC1CNc2cc(C(=O)C3CCNCC3)ccc2O1. The van der Waals surface area contributed by atoms with E-state index in [9.17, 15) is 4.79 Å². The second kappa shape index (κ2) is 5.83. The molecular formula is C16H22N2O2. The van der Waals surface area contributed by atoms with Crippen LogP contribution in [0.5, 0.6) is 5.75 Å². The molecule has 0 saturated carbocycles. The molecule has 1 aromatic rings. The number of benzene rings is 1. The van der Waals surface area contributed by atoms with E-state index in [1.807, 2.05) is 18.2 Å². The monoisotopic (exact) mass is 274 g/mol. The van der Waals surface area contributed by atoms with Crippen molar-refractivity contribution in [2.24, 2.45) is 5.92 Å². The Hall–Kier alpha value is -1.55. The lowest BCUT2D eigenvalue weighted by Gasteiger charge is -2.27. The maximum Gasteiger partial charge on any atom is 0.166 e. The van der Waals surface area contributed by atoms with Gasteiger partial charge >= 0.3 is 0 Å². The molecule has 0 radical (unpaired) electrons. The van der Waals surface area contributed by atoms with Crippen molar-refractivity contribution in [2.75, 3.05) is 25.0 Å². The van der Waals surface area contributed by atoms with Crippen LogP contribution in [-0.4, -0.2) is 31.5 Å². The van der Waals surface area contributed by atoms with Gasteiger partial charge in [-0.05, 0) is 50.6 Å². The highest BCUT2D eigenvalue weighted by Crippen LogP contribution is 2.32. The number of Topliss-reactive ketones (excluding diaryl/α,β-unsaturated/α-hetero) is 1. The summed E-state index contributed by atoms with van der Waals surface area (Å²) in [5.41, 5.74) is 1.76. The number of carbonyl (C=O) groups is 1. The molecule has 20 heavy (non-hydrogen) atoms. The van der Waals surface area contributed by atoms with Crippen molar-refractivity contribution in [1.82, 2.24) is 5.32 Å². The molecule has 1 atom stereocenters. The van der Waals surface area contributed by atoms with Crippen LogP contribution in [0.3, 0.4) is 0 Å². The van der Waals surface area contributed by atoms with Crippen molar-refractivity contribution < 1.29 is 9.53 Å². The number of rotatable bonds is 3. The highest BCUT2D eigenvalue weighted by molar-refractivity contribution is 5.99. The first-order chi connectivity index (χ1) is 9.78. The number of piperidine rings is 1. The number of anilines is 1. The third-order valence-corrected chi connectivity index (χ3v) is 4.24. The zero-order valence-electron chi connectivity index (χ0n) is 11.9. The molecule has 4 nitrogen and oxygen atoms in total. The first kappa shape index (κ1) is 13.4. The van der Waals surface area contributed by atoms with Crippen LogP contribution in [0.15, 0.2) is 18.2 Å². The van der Waals surface area contributed by atoms with Crippen molar-refractivity contribution in [3.63, 3.8) is 0 Å². The number of fused-ring (bicyclic) bond motifs is 1. The summed E-state index contributed by atoms with van der Waals surface area (Å²) in [6.07, 6.45) is 3.10. The fourth-order valence-electron chi connectivity index (χ4n) is 2.92. The predicted octanol–water partition coefficient (Wildman–Crippen LogP) is 2.45. The Kier molecular flexibility index (Phi) is 3.92. The van der Waals surface area contributed by atoms with Crippen LogP contribution in [0, 0.1) is 5.92 Å². The summed E-state index contributed by atoms with van der Waals surface area (Å²) in [7, 11) is 0. The normalized spacial score (nSPS) is 22.6. The Bertz CT molecular complexity index is 495. The minimum Gasteiger partial charge on any atom is -0.486 e. The molecule has 1 aromatic carbocycles. The lowest BCUT2D eigenvalue weighted by molar-refractivity contribution is 0.0895. The van der Waals surface area contributed by atoms with Crippen LogP contribution in [0.25, 0.3) is 0 Å². The number of hydrogen-bond donors (Lipinski definition) is 2. The minimum atomic E-state index is 0.169. The molecule has 0 aliphatic carbocycles. The van der Waals surface area contributed by atoms with Crippen molar-refractivity contribution in [3.05, 3.63) is 23.8 Å². The average molecular weight is 274 g/mol. The standard InChI is InChI=1S/C16H22N2O2/c1-2-13-10-18-14-9-12(3-4-15(14)20-13)16(19)11-5-7-17-8-6-11/h3-4,9,11,13,17-18H,2,5-8,10H2,1H3. The Morgan fingerprint density at radius 2 is 2.15 bits per heavy atom. The third-order valence-electron chi connectivity index (χ3n) is 4.24.